The standard InChI is InChI=1S/C48H93NO5/c1-5-9-12-15-18-27-34-44-53-47(51)39-30-23-19-25-32-41-49(43-35-36-45(50)8-4)42-33-26-20-24-31-40-48(52)54-46(37-28-21-16-13-10-6-2)38-29-22-17-14-11-7-3/h46H,5-44H2,1-4H3. The molecule has 0 radical (unpaired) electrons. The van der Waals surface area contributed by atoms with E-state index in [2.05, 4.69) is 25.7 Å². The van der Waals surface area contributed by atoms with Gasteiger partial charge in [0.1, 0.15) is 11.9 Å². The Hall–Kier alpha value is -1.43. The first-order valence-electron chi connectivity index (χ1n) is 24.1. The lowest BCUT2D eigenvalue weighted by atomic mass is 10.0. The van der Waals surface area contributed by atoms with Crippen molar-refractivity contribution in [2.24, 2.45) is 0 Å². The van der Waals surface area contributed by atoms with Crippen molar-refractivity contribution in [3.8, 4) is 0 Å². The molecule has 0 saturated heterocycles. The summed E-state index contributed by atoms with van der Waals surface area (Å²) in [5.74, 6) is 0.356. The second kappa shape index (κ2) is 42.7. The summed E-state index contributed by atoms with van der Waals surface area (Å²) in [5.41, 5.74) is 0. The lowest BCUT2D eigenvalue weighted by Gasteiger charge is -2.22. The van der Waals surface area contributed by atoms with E-state index < -0.39 is 0 Å². The van der Waals surface area contributed by atoms with Crippen molar-refractivity contribution in [2.45, 2.75) is 265 Å². The molecule has 320 valence electrons. The smallest absolute Gasteiger partial charge is 0.306 e. The number of Topliss-reactive ketones (excluding diaryl/α,β-unsaturated/α-hetero) is 1. The van der Waals surface area contributed by atoms with E-state index in [4.69, 9.17) is 9.47 Å². The van der Waals surface area contributed by atoms with Crippen molar-refractivity contribution < 1.29 is 23.9 Å². The van der Waals surface area contributed by atoms with Gasteiger partial charge in [-0.3, -0.25) is 14.4 Å². The minimum atomic E-state index is -0.0278. The third-order valence-electron chi connectivity index (χ3n) is 11.1. The van der Waals surface area contributed by atoms with Crippen LogP contribution in [-0.2, 0) is 23.9 Å². The van der Waals surface area contributed by atoms with Gasteiger partial charge in [0.05, 0.1) is 6.61 Å². The van der Waals surface area contributed by atoms with E-state index in [1.54, 1.807) is 0 Å². The Morgan fingerprint density at radius 3 is 1.28 bits per heavy atom. The molecule has 0 amide bonds. The van der Waals surface area contributed by atoms with Gasteiger partial charge in [-0.2, -0.15) is 0 Å². The number of hydrogen-bond donors (Lipinski definition) is 0. The molecule has 0 atom stereocenters. The average molecular weight is 764 g/mol. The minimum Gasteiger partial charge on any atom is -0.466 e. The molecule has 0 aliphatic rings. The van der Waals surface area contributed by atoms with Gasteiger partial charge in [0.2, 0.25) is 0 Å². The van der Waals surface area contributed by atoms with Gasteiger partial charge in [-0.1, -0.05) is 169 Å². The molecule has 54 heavy (non-hydrogen) atoms. The minimum absolute atomic E-state index is 0.0171. The van der Waals surface area contributed by atoms with Gasteiger partial charge in [0.15, 0.2) is 0 Å². The van der Waals surface area contributed by atoms with Crippen molar-refractivity contribution in [3.63, 3.8) is 0 Å². The number of unbranched alkanes of at least 4 members (excludes halogenated alkanes) is 24. The van der Waals surface area contributed by atoms with Crippen LogP contribution in [0.5, 0.6) is 0 Å². The highest BCUT2D eigenvalue weighted by atomic mass is 16.5. The molecular formula is C48H93NO5. The van der Waals surface area contributed by atoms with Crippen LogP contribution in [0.4, 0.5) is 0 Å². The van der Waals surface area contributed by atoms with Gasteiger partial charge in [-0.05, 0) is 83.8 Å². The van der Waals surface area contributed by atoms with Crippen LogP contribution in [0.25, 0.3) is 0 Å². The van der Waals surface area contributed by atoms with Crippen molar-refractivity contribution in [1.29, 1.82) is 0 Å². The van der Waals surface area contributed by atoms with E-state index in [-0.39, 0.29) is 18.0 Å². The number of ether oxygens (including phenoxy) is 2. The zero-order valence-electron chi connectivity index (χ0n) is 36.9. The third-order valence-corrected chi connectivity index (χ3v) is 11.1. The van der Waals surface area contributed by atoms with E-state index in [0.29, 0.717) is 38.1 Å². The highest BCUT2D eigenvalue weighted by molar-refractivity contribution is 5.77. The maximum absolute atomic E-state index is 12.8. The molecule has 0 saturated carbocycles. The summed E-state index contributed by atoms with van der Waals surface area (Å²) in [6.07, 6.45) is 40.7. The molecule has 0 heterocycles. The highest BCUT2D eigenvalue weighted by Gasteiger charge is 2.14. The van der Waals surface area contributed by atoms with Crippen molar-refractivity contribution in [3.05, 3.63) is 0 Å². The summed E-state index contributed by atoms with van der Waals surface area (Å²) in [4.78, 5) is 39.3. The van der Waals surface area contributed by atoms with Crippen LogP contribution in [0.1, 0.15) is 259 Å². The van der Waals surface area contributed by atoms with Crippen LogP contribution in [-0.4, -0.2) is 55.0 Å². The molecule has 0 aromatic carbocycles. The molecule has 0 aromatic rings. The zero-order valence-corrected chi connectivity index (χ0v) is 36.9. The summed E-state index contributed by atoms with van der Waals surface area (Å²) in [6, 6.07) is 0. The lowest BCUT2D eigenvalue weighted by molar-refractivity contribution is -0.150. The third kappa shape index (κ3) is 38.8. The highest BCUT2D eigenvalue weighted by Crippen LogP contribution is 2.19. The van der Waals surface area contributed by atoms with Crippen LogP contribution < -0.4 is 0 Å². The van der Waals surface area contributed by atoms with Gasteiger partial charge in [0.25, 0.3) is 0 Å². The van der Waals surface area contributed by atoms with Crippen LogP contribution in [0.2, 0.25) is 0 Å². The Kier molecular flexibility index (Phi) is 41.6. The van der Waals surface area contributed by atoms with Gasteiger partial charge < -0.3 is 14.4 Å². The Morgan fingerprint density at radius 1 is 0.407 bits per heavy atom. The number of carbonyl (C=O) groups excluding carboxylic acids is 3. The predicted molar refractivity (Wildman–Crippen MR) is 231 cm³/mol. The molecule has 0 rings (SSSR count). The Balaban J connectivity index is 4.24. The molecule has 0 aliphatic carbocycles. The van der Waals surface area contributed by atoms with Crippen LogP contribution >= 0.6 is 0 Å². The van der Waals surface area contributed by atoms with Crippen LogP contribution in [0.15, 0.2) is 0 Å². The number of nitrogens with zero attached hydrogens (tertiary/aromatic N) is 1. The molecule has 6 heteroatoms. The van der Waals surface area contributed by atoms with Crippen molar-refractivity contribution >= 4 is 17.7 Å². The van der Waals surface area contributed by atoms with Gasteiger partial charge in [-0.15, -0.1) is 0 Å². The molecule has 0 spiro atoms. The van der Waals surface area contributed by atoms with Crippen molar-refractivity contribution in [2.75, 3.05) is 26.2 Å². The molecular weight excluding hydrogens is 671 g/mol. The topological polar surface area (TPSA) is 72.9 Å². The second-order valence-corrected chi connectivity index (χ2v) is 16.4. The number of carbonyl (C=O) groups is 3. The quantitative estimate of drug-likeness (QED) is 0.0454. The fraction of sp³-hybridized carbons (Fsp3) is 0.938. The molecule has 6 nitrogen and oxygen atoms in total. The maximum Gasteiger partial charge on any atom is 0.306 e. The van der Waals surface area contributed by atoms with E-state index in [9.17, 15) is 14.4 Å². The normalized spacial score (nSPS) is 11.5. The first-order valence-corrected chi connectivity index (χ1v) is 24.1. The molecule has 0 N–H and O–H groups in total. The Morgan fingerprint density at radius 2 is 0.796 bits per heavy atom. The summed E-state index contributed by atoms with van der Waals surface area (Å²) < 4.78 is 11.5. The Bertz CT molecular complexity index is 801. The van der Waals surface area contributed by atoms with E-state index in [1.165, 1.54) is 141 Å². The number of hydrogen-bond acceptors (Lipinski definition) is 6. The predicted octanol–water partition coefficient (Wildman–Crippen LogP) is 14.4. The van der Waals surface area contributed by atoms with E-state index >= 15 is 0 Å². The Labute approximate surface area is 336 Å². The first kappa shape index (κ1) is 52.6. The molecule has 0 bridgehead atoms. The summed E-state index contributed by atoms with van der Waals surface area (Å²) in [7, 11) is 0. The van der Waals surface area contributed by atoms with Crippen LogP contribution in [0, 0.1) is 0 Å². The average Bonchev–Trinajstić information content (AvgIpc) is 3.17. The lowest BCUT2D eigenvalue weighted by Crippen LogP contribution is -2.27. The summed E-state index contributed by atoms with van der Waals surface area (Å²) >= 11 is 0. The van der Waals surface area contributed by atoms with Gasteiger partial charge >= 0.3 is 11.9 Å². The fourth-order valence-corrected chi connectivity index (χ4v) is 7.41. The maximum atomic E-state index is 12.8. The van der Waals surface area contributed by atoms with E-state index in [0.717, 1.165) is 83.8 Å². The second-order valence-electron chi connectivity index (χ2n) is 16.4. The molecule has 0 aromatic heterocycles. The van der Waals surface area contributed by atoms with Crippen molar-refractivity contribution in [1.82, 2.24) is 4.90 Å². The first-order chi connectivity index (χ1) is 26.5. The molecule has 0 fully saturated rings. The number of esters is 2. The molecule has 0 aliphatic heterocycles. The number of rotatable bonds is 44. The van der Waals surface area contributed by atoms with Gasteiger partial charge in [0, 0.05) is 25.7 Å². The fourth-order valence-electron chi connectivity index (χ4n) is 7.41. The number of ketones is 1. The summed E-state index contributed by atoms with van der Waals surface area (Å²) in [6.45, 7) is 12.5. The molecule has 0 unspecified atom stereocenters. The summed E-state index contributed by atoms with van der Waals surface area (Å²) in [5, 5.41) is 0. The zero-order chi connectivity index (χ0) is 39.6. The monoisotopic (exact) mass is 764 g/mol. The van der Waals surface area contributed by atoms with Crippen LogP contribution in [0.3, 0.4) is 0 Å². The van der Waals surface area contributed by atoms with Gasteiger partial charge in [-0.25, -0.2) is 0 Å². The SMILES string of the molecule is CCCCCCCCCOC(=O)CCCCCCCN(CCCCCCCC(=O)OC(CCCCCCCC)CCCCCCCC)CCCC(=O)CC. The largest absolute Gasteiger partial charge is 0.466 e. The van der Waals surface area contributed by atoms with E-state index in [1.807, 2.05) is 6.92 Å².